The van der Waals surface area contributed by atoms with Crippen LogP contribution in [0.2, 0.25) is 0 Å². The molecule has 6 aromatic rings. The summed E-state index contributed by atoms with van der Waals surface area (Å²) in [4.78, 5) is 23.3. The van der Waals surface area contributed by atoms with E-state index in [4.69, 9.17) is 0 Å². The van der Waals surface area contributed by atoms with Crippen LogP contribution >= 0.6 is 0 Å². The third-order valence-corrected chi connectivity index (χ3v) is 7.36. The molecule has 1 aliphatic rings. The Morgan fingerprint density at radius 3 is 2.00 bits per heavy atom. The van der Waals surface area contributed by atoms with Gasteiger partial charge >= 0.3 is 0 Å². The number of amides is 1. The summed E-state index contributed by atoms with van der Waals surface area (Å²) in [5.41, 5.74) is 9.95. The second-order valence-electron chi connectivity index (χ2n) is 9.23. The largest absolute Gasteiger partial charge is 0.353 e. The van der Waals surface area contributed by atoms with Gasteiger partial charge in [-0.1, -0.05) is 54.6 Å². The number of carbonyl (C=O) groups excluding carboxylic acids is 1. The van der Waals surface area contributed by atoms with Crippen molar-refractivity contribution in [2.45, 2.75) is 26.9 Å². The van der Waals surface area contributed by atoms with E-state index in [1.165, 1.54) is 22.1 Å². The van der Waals surface area contributed by atoms with Crippen LogP contribution in [0.3, 0.4) is 0 Å². The standard InChI is InChI=1S/C29H23N3O/c1-16-8-7-9-17(2)20(16)14-32-15-21-24-18-10-3-5-12-22(18)30-27(24)28-25(26(21)29(32)33)19-11-4-6-13-23(19)31-28/h3-13,30-31H,14-15H2,1-2H3. The number of aryl methyl sites for hydroxylation is 2. The highest BCUT2D eigenvalue weighted by Gasteiger charge is 2.34. The SMILES string of the molecule is Cc1cccc(C)c1CN1Cc2c(c3c4ccccc4[nH]c3c3[nH]c4ccccc4c23)C1=O. The number of benzene rings is 4. The number of nitrogens with zero attached hydrogens (tertiary/aromatic N) is 1. The van der Waals surface area contributed by atoms with E-state index in [-0.39, 0.29) is 5.91 Å². The molecule has 3 heterocycles. The lowest BCUT2D eigenvalue weighted by Crippen LogP contribution is -2.24. The van der Waals surface area contributed by atoms with Crippen molar-refractivity contribution in [3.05, 3.63) is 94.5 Å². The van der Waals surface area contributed by atoms with Crippen LogP contribution in [-0.4, -0.2) is 20.8 Å². The molecule has 7 rings (SSSR count). The van der Waals surface area contributed by atoms with Crippen molar-refractivity contribution >= 4 is 49.5 Å². The average molecular weight is 430 g/mol. The van der Waals surface area contributed by atoms with Gasteiger partial charge < -0.3 is 14.9 Å². The molecule has 0 radical (unpaired) electrons. The van der Waals surface area contributed by atoms with E-state index in [9.17, 15) is 4.79 Å². The van der Waals surface area contributed by atoms with Crippen molar-refractivity contribution in [3.63, 3.8) is 0 Å². The zero-order chi connectivity index (χ0) is 22.3. The fraction of sp³-hybridized carbons (Fsp3) is 0.138. The predicted molar refractivity (Wildman–Crippen MR) is 135 cm³/mol. The molecule has 0 unspecified atom stereocenters. The number of fused-ring (bicyclic) bond motifs is 10. The number of H-pyrrole nitrogens is 2. The summed E-state index contributed by atoms with van der Waals surface area (Å²) in [5, 5.41) is 4.48. The van der Waals surface area contributed by atoms with Gasteiger partial charge in [-0.3, -0.25) is 4.79 Å². The average Bonchev–Trinajstić information content (AvgIpc) is 3.48. The van der Waals surface area contributed by atoms with Gasteiger partial charge in [-0.05, 0) is 48.2 Å². The Labute approximate surface area is 190 Å². The molecule has 2 aromatic heterocycles. The minimum atomic E-state index is 0.120. The topological polar surface area (TPSA) is 51.9 Å². The monoisotopic (exact) mass is 429 g/mol. The highest BCUT2D eigenvalue weighted by molar-refractivity contribution is 6.30. The van der Waals surface area contributed by atoms with Crippen LogP contribution in [-0.2, 0) is 13.1 Å². The smallest absolute Gasteiger partial charge is 0.255 e. The first kappa shape index (κ1) is 18.5. The van der Waals surface area contributed by atoms with Crippen molar-refractivity contribution in [2.24, 2.45) is 0 Å². The van der Waals surface area contributed by atoms with Crippen molar-refractivity contribution in [3.8, 4) is 0 Å². The molecule has 0 spiro atoms. The molecule has 0 atom stereocenters. The van der Waals surface area contributed by atoms with Crippen molar-refractivity contribution in [2.75, 3.05) is 0 Å². The Hall–Kier alpha value is -4.05. The van der Waals surface area contributed by atoms with Crippen LogP contribution in [0, 0.1) is 13.8 Å². The van der Waals surface area contributed by atoms with Crippen LogP contribution in [0.25, 0.3) is 43.6 Å². The molecular weight excluding hydrogens is 406 g/mol. The van der Waals surface area contributed by atoms with Crippen LogP contribution in [0.15, 0.2) is 66.7 Å². The zero-order valence-electron chi connectivity index (χ0n) is 18.6. The molecule has 0 bridgehead atoms. The van der Waals surface area contributed by atoms with Gasteiger partial charge in [-0.25, -0.2) is 0 Å². The maximum absolute atomic E-state index is 14.0. The first-order valence-corrected chi connectivity index (χ1v) is 11.4. The molecule has 4 heteroatoms. The highest BCUT2D eigenvalue weighted by Crippen LogP contribution is 2.44. The molecule has 4 aromatic carbocycles. The number of hydrogen-bond acceptors (Lipinski definition) is 1. The Bertz CT molecular complexity index is 1750. The van der Waals surface area contributed by atoms with E-state index >= 15 is 0 Å². The lowest BCUT2D eigenvalue weighted by molar-refractivity contribution is 0.0768. The minimum absolute atomic E-state index is 0.120. The highest BCUT2D eigenvalue weighted by atomic mass is 16.2. The molecule has 160 valence electrons. The van der Waals surface area contributed by atoms with Crippen LogP contribution in [0.5, 0.6) is 0 Å². The van der Waals surface area contributed by atoms with Crippen LogP contribution < -0.4 is 0 Å². The van der Waals surface area contributed by atoms with E-state index in [0.717, 1.165) is 49.4 Å². The number of aromatic nitrogens is 2. The summed E-state index contributed by atoms with van der Waals surface area (Å²) in [6.45, 7) is 5.51. The summed E-state index contributed by atoms with van der Waals surface area (Å²) in [7, 11) is 0. The van der Waals surface area contributed by atoms with E-state index in [1.807, 2.05) is 17.0 Å². The maximum atomic E-state index is 14.0. The number of para-hydroxylation sites is 2. The molecule has 0 fully saturated rings. The van der Waals surface area contributed by atoms with Crippen LogP contribution in [0.1, 0.15) is 32.6 Å². The van der Waals surface area contributed by atoms with Gasteiger partial charge in [0, 0.05) is 45.7 Å². The van der Waals surface area contributed by atoms with Crippen LogP contribution in [0.4, 0.5) is 0 Å². The first-order chi connectivity index (χ1) is 16.1. The zero-order valence-corrected chi connectivity index (χ0v) is 18.6. The van der Waals surface area contributed by atoms with Crippen molar-refractivity contribution in [1.29, 1.82) is 0 Å². The first-order valence-electron chi connectivity index (χ1n) is 11.4. The third-order valence-electron chi connectivity index (χ3n) is 7.36. The van der Waals surface area contributed by atoms with Gasteiger partial charge in [0.05, 0.1) is 16.6 Å². The number of hydrogen-bond donors (Lipinski definition) is 2. The van der Waals surface area contributed by atoms with E-state index < -0.39 is 0 Å². The summed E-state index contributed by atoms with van der Waals surface area (Å²) in [6.07, 6.45) is 0. The molecule has 33 heavy (non-hydrogen) atoms. The van der Waals surface area contributed by atoms with Crippen molar-refractivity contribution in [1.82, 2.24) is 14.9 Å². The normalized spacial score (nSPS) is 13.8. The number of rotatable bonds is 2. The Kier molecular flexibility index (Phi) is 3.64. The van der Waals surface area contributed by atoms with Gasteiger partial charge in [-0.15, -0.1) is 0 Å². The molecule has 1 amide bonds. The molecule has 1 aliphatic heterocycles. The fourth-order valence-electron chi connectivity index (χ4n) is 5.74. The summed E-state index contributed by atoms with van der Waals surface area (Å²) >= 11 is 0. The number of carbonyl (C=O) groups is 1. The number of aromatic amines is 2. The molecular formula is C29H23N3O. The molecule has 0 saturated carbocycles. The van der Waals surface area contributed by atoms with Gasteiger partial charge in [-0.2, -0.15) is 0 Å². The fourth-order valence-corrected chi connectivity index (χ4v) is 5.74. The lowest BCUT2D eigenvalue weighted by Gasteiger charge is -2.19. The van der Waals surface area contributed by atoms with Crippen molar-refractivity contribution < 1.29 is 4.79 Å². The molecule has 0 saturated heterocycles. The van der Waals surface area contributed by atoms with E-state index in [0.29, 0.717) is 13.1 Å². The van der Waals surface area contributed by atoms with E-state index in [1.54, 1.807) is 0 Å². The van der Waals surface area contributed by atoms with E-state index in [2.05, 4.69) is 78.4 Å². The summed E-state index contributed by atoms with van der Waals surface area (Å²) < 4.78 is 0. The van der Waals surface area contributed by atoms with Gasteiger partial charge in [0.15, 0.2) is 0 Å². The number of nitrogens with one attached hydrogen (secondary N) is 2. The quantitative estimate of drug-likeness (QED) is 0.315. The minimum Gasteiger partial charge on any atom is -0.353 e. The predicted octanol–water partition coefficient (Wildman–Crippen LogP) is 6.73. The second kappa shape index (κ2) is 6.48. The lowest BCUT2D eigenvalue weighted by atomic mass is 9.97. The summed E-state index contributed by atoms with van der Waals surface area (Å²) in [5.74, 6) is 0.120. The van der Waals surface area contributed by atoms with Gasteiger partial charge in [0.2, 0.25) is 0 Å². The maximum Gasteiger partial charge on any atom is 0.255 e. The Morgan fingerprint density at radius 2 is 1.33 bits per heavy atom. The molecule has 0 aliphatic carbocycles. The third kappa shape index (κ3) is 2.43. The Balaban J connectivity index is 1.55. The van der Waals surface area contributed by atoms with Gasteiger partial charge in [0.1, 0.15) is 0 Å². The molecule has 2 N–H and O–H groups in total. The molecule has 4 nitrogen and oxygen atoms in total. The Morgan fingerprint density at radius 1 is 0.758 bits per heavy atom. The van der Waals surface area contributed by atoms with Gasteiger partial charge in [0.25, 0.3) is 5.91 Å². The summed E-state index contributed by atoms with van der Waals surface area (Å²) in [6, 6.07) is 23.0. The second-order valence-corrected chi connectivity index (χ2v) is 9.23.